The third-order valence-corrected chi connectivity index (χ3v) is 6.14. The third kappa shape index (κ3) is 6.90. The van der Waals surface area contributed by atoms with Gasteiger partial charge in [-0.25, -0.2) is 13.2 Å². The van der Waals surface area contributed by atoms with Crippen LogP contribution in [0, 0.1) is 11.7 Å². The maximum Gasteiger partial charge on any atom is 0.157 e. The molecule has 0 N–H and O–H groups in total. The van der Waals surface area contributed by atoms with Crippen LogP contribution < -0.4 is 0 Å². The molecule has 2 rings (SSSR count). The van der Waals surface area contributed by atoms with Crippen molar-refractivity contribution in [1.82, 2.24) is 0 Å². The summed E-state index contributed by atoms with van der Waals surface area (Å²) in [5.41, 5.74) is 2.28. The lowest BCUT2D eigenvalue weighted by molar-refractivity contribution is 0.302. The minimum absolute atomic E-state index is 0.0932. The van der Waals surface area contributed by atoms with Crippen LogP contribution in [0.5, 0.6) is 0 Å². The van der Waals surface area contributed by atoms with Gasteiger partial charge in [0.25, 0.3) is 0 Å². The molecule has 29 heavy (non-hydrogen) atoms. The summed E-state index contributed by atoms with van der Waals surface area (Å²) in [6.07, 6.45) is 11.1. The van der Waals surface area contributed by atoms with Crippen molar-refractivity contribution in [3.63, 3.8) is 0 Å². The van der Waals surface area contributed by atoms with Gasteiger partial charge in [-0.15, -0.1) is 0 Å². The van der Waals surface area contributed by atoms with Crippen molar-refractivity contribution >= 4 is 0 Å². The van der Waals surface area contributed by atoms with Gasteiger partial charge in [0, 0.05) is 6.42 Å². The van der Waals surface area contributed by atoms with Gasteiger partial charge in [-0.1, -0.05) is 57.6 Å². The fourth-order valence-electron chi connectivity index (χ4n) is 4.40. The van der Waals surface area contributed by atoms with E-state index in [0.717, 1.165) is 49.7 Å². The molecule has 0 spiro atoms. The molecular formula is C26H35F3. The highest BCUT2D eigenvalue weighted by Crippen LogP contribution is 2.38. The highest BCUT2D eigenvalue weighted by Gasteiger charge is 2.23. The summed E-state index contributed by atoms with van der Waals surface area (Å²) in [5.74, 6) is -0.453. The zero-order chi connectivity index (χ0) is 21.2. The van der Waals surface area contributed by atoms with Crippen molar-refractivity contribution in [1.29, 1.82) is 0 Å². The summed E-state index contributed by atoms with van der Waals surface area (Å²) in [6, 6.07) is 5.69. The monoisotopic (exact) mass is 404 g/mol. The maximum atomic E-state index is 14.3. The molecule has 0 unspecified atom stereocenters. The minimum Gasteiger partial charge on any atom is -0.209 e. The average Bonchev–Trinajstić information content (AvgIpc) is 2.73. The molecule has 1 aliphatic rings. The molecular weight excluding hydrogens is 369 g/mol. The second-order valence-electron chi connectivity index (χ2n) is 8.21. The Morgan fingerprint density at radius 2 is 1.83 bits per heavy atom. The second kappa shape index (κ2) is 12.0. The van der Waals surface area contributed by atoms with Gasteiger partial charge in [-0.05, 0) is 79.5 Å². The Balaban J connectivity index is 1.81. The number of hydrogen-bond acceptors (Lipinski definition) is 0. The van der Waals surface area contributed by atoms with Gasteiger partial charge in [0.05, 0.1) is 0 Å². The normalized spacial score (nSPS) is 21.1. The van der Waals surface area contributed by atoms with Crippen LogP contribution in [-0.4, -0.2) is 0 Å². The minimum atomic E-state index is -0.701. The van der Waals surface area contributed by atoms with E-state index in [2.05, 4.69) is 12.6 Å². The number of halogens is 3. The van der Waals surface area contributed by atoms with Gasteiger partial charge in [0.2, 0.25) is 0 Å². The molecule has 0 atom stereocenters. The van der Waals surface area contributed by atoms with Gasteiger partial charge in [0.1, 0.15) is 11.6 Å². The van der Waals surface area contributed by atoms with Crippen molar-refractivity contribution in [2.45, 2.75) is 84.0 Å². The van der Waals surface area contributed by atoms with Gasteiger partial charge >= 0.3 is 0 Å². The number of aryl methyl sites for hydroxylation is 1. The Kier molecular flexibility index (Phi) is 9.76. The van der Waals surface area contributed by atoms with Gasteiger partial charge in [-0.3, -0.25) is 0 Å². The van der Waals surface area contributed by atoms with E-state index in [4.69, 9.17) is 0 Å². The summed E-state index contributed by atoms with van der Waals surface area (Å²) in [6.45, 7) is 7.50. The molecule has 0 aromatic heterocycles. The quantitative estimate of drug-likeness (QED) is 0.341. The molecule has 0 bridgehead atoms. The zero-order valence-electron chi connectivity index (χ0n) is 18.0. The highest BCUT2D eigenvalue weighted by molar-refractivity contribution is 5.30. The lowest BCUT2D eigenvalue weighted by Gasteiger charge is -2.29. The molecule has 1 fully saturated rings. The lowest BCUT2D eigenvalue weighted by atomic mass is 9.77. The molecule has 0 nitrogen and oxygen atoms in total. The largest absolute Gasteiger partial charge is 0.209 e. The van der Waals surface area contributed by atoms with Crippen molar-refractivity contribution < 1.29 is 13.2 Å². The van der Waals surface area contributed by atoms with Crippen LogP contribution in [0.25, 0.3) is 0 Å². The molecule has 0 aliphatic heterocycles. The van der Waals surface area contributed by atoms with Crippen LogP contribution in [0.15, 0.2) is 54.2 Å². The third-order valence-electron chi connectivity index (χ3n) is 6.14. The summed E-state index contributed by atoms with van der Waals surface area (Å²) in [5, 5.41) is 0. The van der Waals surface area contributed by atoms with Gasteiger partial charge in [0.15, 0.2) is 5.83 Å². The van der Waals surface area contributed by atoms with Gasteiger partial charge in [-0.2, -0.15) is 0 Å². The maximum absolute atomic E-state index is 14.3. The van der Waals surface area contributed by atoms with E-state index in [1.54, 1.807) is 12.1 Å². The predicted octanol–water partition coefficient (Wildman–Crippen LogP) is 8.90. The Hall–Kier alpha value is -1.77. The van der Waals surface area contributed by atoms with E-state index in [9.17, 15) is 13.2 Å². The fraction of sp³-hybridized carbons (Fsp3) is 0.538. The Bertz CT molecular complexity index is 721. The SMILES string of the molecule is C=C/C=C(CCC)\C(F)=C(\F)CCCC1CCC(c2ccc(CC)c(F)c2)CC1. The summed E-state index contributed by atoms with van der Waals surface area (Å²) in [4.78, 5) is 0. The first-order chi connectivity index (χ1) is 14.0. The molecule has 0 amide bonds. The molecule has 0 saturated heterocycles. The first kappa shape index (κ1) is 23.5. The van der Waals surface area contributed by atoms with Gasteiger partial charge < -0.3 is 0 Å². The molecule has 3 heteroatoms. The Labute approximate surface area is 174 Å². The van der Waals surface area contributed by atoms with Crippen LogP contribution in [-0.2, 0) is 6.42 Å². The van der Waals surface area contributed by atoms with Crippen molar-refractivity contribution in [2.24, 2.45) is 5.92 Å². The van der Waals surface area contributed by atoms with Crippen LogP contribution in [0.1, 0.15) is 88.7 Å². The van der Waals surface area contributed by atoms with Crippen LogP contribution in [0.4, 0.5) is 13.2 Å². The standard InChI is InChI=1S/C26H35F3/c1-4-8-22(9-5-2)26(29)24(27)11-7-10-19-12-14-21(15-13-19)23-17-16-20(6-3)25(28)18-23/h4,8,16-19,21H,1,5-7,9-15H2,2-3H3/b22-8-,26-24-. The average molecular weight is 405 g/mol. The number of allylic oxidation sites excluding steroid dienone is 5. The first-order valence-electron chi connectivity index (χ1n) is 11.1. The number of rotatable bonds is 10. The molecule has 1 aromatic carbocycles. The second-order valence-corrected chi connectivity index (χ2v) is 8.21. The van der Waals surface area contributed by atoms with Crippen molar-refractivity contribution in [3.8, 4) is 0 Å². The summed E-state index contributed by atoms with van der Waals surface area (Å²) < 4.78 is 42.6. The lowest BCUT2D eigenvalue weighted by Crippen LogP contribution is -2.13. The van der Waals surface area contributed by atoms with E-state index >= 15 is 0 Å². The van der Waals surface area contributed by atoms with E-state index in [1.807, 2.05) is 19.9 Å². The van der Waals surface area contributed by atoms with Crippen molar-refractivity contribution in [2.75, 3.05) is 0 Å². The first-order valence-corrected chi connectivity index (χ1v) is 11.1. The Morgan fingerprint density at radius 1 is 1.10 bits per heavy atom. The molecule has 1 aliphatic carbocycles. The topological polar surface area (TPSA) is 0 Å². The van der Waals surface area contributed by atoms with Crippen LogP contribution in [0.2, 0.25) is 0 Å². The predicted molar refractivity (Wildman–Crippen MR) is 117 cm³/mol. The van der Waals surface area contributed by atoms with Crippen molar-refractivity contribution in [3.05, 3.63) is 71.1 Å². The highest BCUT2D eigenvalue weighted by atomic mass is 19.2. The van der Waals surface area contributed by atoms with E-state index in [-0.39, 0.29) is 12.2 Å². The smallest absolute Gasteiger partial charge is 0.157 e. The summed E-state index contributed by atoms with van der Waals surface area (Å²) in [7, 11) is 0. The van der Waals surface area contributed by atoms with Crippen LogP contribution >= 0.6 is 0 Å². The summed E-state index contributed by atoms with van der Waals surface area (Å²) >= 11 is 0. The molecule has 0 radical (unpaired) electrons. The van der Waals surface area contributed by atoms with E-state index in [1.165, 1.54) is 6.08 Å². The number of benzene rings is 1. The van der Waals surface area contributed by atoms with E-state index in [0.29, 0.717) is 36.7 Å². The Morgan fingerprint density at radius 3 is 2.41 bits per heavy atom. The van der Waals surface area contributed by atoms with Crippen LogP contribution in [0.3, 0.4) is 0 Å². The molecule has 1 saturated carbocycles. The molecule has 1 aromatic rings. The van der Waals surface area contributed by atoms with E-state index < -0.39 is 11.7 Å². The molecule has 160 valence electrons. The number of hydrogen-bond donors (Lipinski definition) is 0. The fourth-order valence-corrected chi connectivity index (χ4v) is 4.40. The zero-order valence-corrected chi connectivity index (χ0v) is 18.0. The molecule has 0 heterocycles.